The van der Waals surface area contributed by atoms with E-state index in [1.54, 1.807) is 23.1 Å². The lowest BCUT2D eigenvalue weighted by Gasteiger charge is -2.25. The number of hydrogen-bond donors (Lipinski definition) is 0. The minimum atomic E-state index is -0.535. The van der Waals surface area contributed by atoms with Crippen molar-refractivity contribution in [3.05, 3.63) is 116 Å². The van der Waals surface area contributed by atoms with E-state index in [-0.39, 0.29) is 17.1 Å². The molecule has 4 nitrogen and oxygen atoms in total. The Morgan fingerprint density at radius 2 is 1.77 bits per heavy atom. The highest BCUT2D eigenvalue weighted by Gasteiger charge is 2.42. The number of carbonyl (C=O) groups excluding carboxylic acids is 1. The molecule has 5 rings (SSSR count). The summed E-state index contributed by atoms with van der Waals surface area (Å²) in [6, 6.07) is 22.2. The van der Waals surface area contributed by atoms with Gasteiger partial charge in [-0.05, 0) is 54.3 Å². The van der Waals surface area contributed by atoms with Gasteiger partial charge in [-0.25, -0.2) is 0 Å². The van der Waals surface area contributed by atoms with Crippen LogP contribution in [-0.2, 0) is 6.42 Å². The summed E-state index contributed by atoms with van der Waals surface area (Å²) < 4.78 is 6.02. The molecule has 5 heteroatoms. The SMILES string of the molecule is Cc1ccc2c(=O)c3c(oc2c1)C(=O)N(CCc1ccccc1)[C@H]3c1cccc(Cl)c1. The van der Waals surface area contributed by atoms with Crippen LogP contribution in [0.1, 0.15) is 38.9 Å². The van der Waals surface area contributed by atoms with E-state index >= 15 is 0 Å². The smallest absolute Gasteiger partial charge is 0.290 e. The third kappa shape index (κ3) is 3.43. The summed E-state index contributed by atoms with van der Waals surface area (Å²) in [5.41, 5.74) is 3.54. The number of rotatable bonds is 4. The molecule has 3 aromatic carbocycles. The van der Waals surface area contributed by atoms with Crippen LogP contribution in [0.4, 0.5) is 0 Å². The molecular weight excluding hydrogens is 410 g/mol. The molecule has 154 valence electrons. The number of carbonyl (C=O) groups is 1. The first-order valence-electron chi connectivity index (χ1n) is 10.2. The second kappa shape index (κ2) is 7.71. The molecule has 0 aliphatic carbocycles. The van der Waals surface area contributed by atoms with Crippen molar-refractivity contribution in [1.82, 2.24) is 4.90 Å². The second-order valence-corrected chi connectivity index (χ2v) is 8.30. The number of benzene rings is 3. The highest BCUT2D eigenvalue weighted by atomic mass is 35.5. The van der Waals surface area contributed by atoms with Crippen LogP contribution >= 0.6 is 11.6 Å². The van der Waals surface area contributed by atoms with E-state index in [0.29, 0.717) is 34.5 Å². The molecule has 0 saturated carbocycles. The fraction of sp³-hybridized carbons (Fsp3) is 0.154. The van der Waals surface area contributed by atoms with Crippen LogP contribution in [-0.4, -0.2) is 17.4 Å². The molecule has 1 atom stereocenters. The molecule has 4 aromatic rings. The highest BCUT2D eigenvalue weighted by molar-refractivity contribution is 6.30. The Balaban J connectivity index is 1.66. The first-order valence-corrected chi connectivity index (χ1v) is 10.6. The molecule has 0 unspecified atom stereocenters. The number of halogens is 1. The fourth-order valence-corrected chi connectivity index (χ4v) is 4.47. The van der Waals surface area contributed by atoms with Gasteiger partial charge in [0.2, 0.25) is 5.76 Å². The zero-order valence-electron chi connectivity index (χ0n) is 17.0. The van der Waals surface area contributed by atoms with Gasteiger partial charge in [-0.3, -0.25) is 9.59 Å². The van der Waals surface area contributed by atoms with E-state index in [1.807, 2.05) is 61.5 Å². The fourth-order valence-electron chi connectivity index (χ4n) is 4.27. The van der Waals surface area contributed by atoms with Crippen LogP contribution in [0.3, 0.4) is 0 Å². The van der Waals surface area contributed by atoms with Crippen molar-refractivity contribution in [2.45, 2.75) is 19.4 Å². The number of amides is 1. The van der Waals surface area contributed by atoms with E-state index in [2.05, 4.69) is 0 Å². The first kappa shape index (κ1) is 19.6. The van der Waals surface area contributed by atoms with Gasteiger partial charge in [0, 0.05) is 11.6 Å². The number of nitrogens with zero attached hydrogens (tertiary/aromatic N) is 1. The van der Waals surface area contributed by atoms with Crippen molar-refractivity contribution in [2.24, 2.45) is 0 Å². The number of hydrogen-bond acceptors (Lipinski definition) is 3. The monoisotopic (exact) mass is 429 g/mol. The van der Waals surface area contributed by atoms with Crippen molar-refractivity contribution in [1.29, 1.82) is 0 Å². The van der Waals surface area contributed by atoms with Gasteiger partial charge < -0.3 is 9.32 Å². The summed E-state index contributed by atoms with van der Waals surface area (Å²) in [5.74, 6) is -0.141. The molecule has 0 fully saturated rings. The summed E-state index contributed by atoms with van der Waals surface area (Å²) in [5, 5.41) is 1.04. The van der Waals surface area contributed by atoms with E-state index in [9.17, 15) is 9.59 Å². The molecular formula is C26H20ClNO3. The molecule has 1 aliphatic heterocycles. The topological polar surface area (TPSA) is 50.5 Å². The van der Waals surface area contributed by atoms with Crippen molar-refractivity contribution in [3.63, 3.8) is 0 Å². The third-order valence-corrected chi connectivity index (χ3v) is 6.01. The average molecular weight is 430 g/mol. The zero-order chi connectivity index (χ0) is 21.5. The average Bonchev–Trinajstić information content (AvgIpc) is 3.05. The van der Waals surface area contributed by atoms with E-state index in [0.717, 1.165) is 16.7 Å². The van der Waals surface area contributed by atoms with Gasteiger partial charge in [0.05, 0.1) is 17.0 Å². The van der Waals surface area contributed by atoms with Crippen molar-refractivity contribution >= 4 is 28.5 Å². The quantitative estimate of drug-likeness (QED) is 0.427. The summed E-state index contributed by atoms with van der Waals surface area (Å²) in [7, 11) is 0. The molecule has 0 bridgehead atoms. The molecule has 0 saturated heterocycles. The Morgan fingerprint density at radius 3 is 2.55 bits per heavy atom. The van der Waals surface area contributed by atoms with Crippen LogP contribution in [0.5, 0.6) is 0 Å². The molecule has 2 heterocycles. The van der Waals surface area contributed by atoms with Gasteiger partial charge in [0.25, 0.3) is 5.91 Å². The van der Waals surface area contributed by atoms with Crippen LogP contribution in [0.15, 0.2) is 82.0 Å². The third-order valence-electron chi connectivity index (χ3n) is 5.77. The molecule has 0 N–H and O–H groups in total. The predicted molar refractivity (Wildman–Crippen MR) is 122 cm³/mol. The zero-order valence-corrected chi connectivity index (χ0v) is 17.7. The Morgan fingerprint density at radius 1 is 0.968 bits per heavy atom. The molecule has 1 amide bonds. The highest BCUT2D eigenvalue weighted by Crippen LogP contribution is 2.38. The van der Waals surface area contributed by atoms with Crippen molar-refractivity contribution < 1.29 is 9.21 Å². The number of fused-ring (bicyclic) bond motifs is 2. The minimum absolute atomic E-state index is 0.126. The predicted octanol–water partition coefficient (Wildman–Crippen LogP) is 5.54. The van der Waals surface area contributed by atoms with Gasteiger partial charge in [0.15, 0.2) is 5.43 Å². The number of aryl methyl sites for hydroxylation is 1. The summed E-state index contributed by atoms with van der Waals surface area (Å²) in [6.45, 7) is 2.38. The van der Waals surface area contributed by atoms with Crippen LogP contribution < -0.4 is 5.43 Å². The summed E-state index contributed by atoms with van der Waals surface area (Å²) in [4.78, 5) is 28.6. The standard InChI is InChI=1S/C26H20ClNO3/c1-16-10-11-20-21(14-16)31-25-22(24(20)29)23(18-8-5-9-19(27)15-18)28(26(25)30)13-12-17-6-3-2-4-7-17/h2-11,14-15,23H,12-13H2,1H3/t23-/m0/s1. The van der Waals surface area contributed by atoms with Gasteiger partial charge in [0.1, 0.15) is 5.58 Å². The van der Waals surface area contributed by atoms with Crippen molar-refractivity contribution in [3.8, 4) is 0 Å². The largest absolute Gasteiger partial charge is 0.450 e. The van der Waals surface area contributed by atoms with E-state index in [1.165, 1.54) is 0 Å². The maximum atomic E-state index is 13.5. The van der Waals surface area contributed by atoms with Crippen LogP contribution in [0.2, 0.25) is 5.02 Å². The van der Waals surface area contributed by atoms with Crippen molar-refractivity contribution in [2.75, 3.05) is 6.54 Å². The lowest BCUT2D eigenvalue weighted by Crippen LogP contribution is -2.31. The lowest BCUT2D eigenvalue weighted by molar-refractivity contribution is 0.0730. The molecule has 0 spiro atoms. The van der Waals surface area contributed by atoms with E-state index < -0.39 is 6.04 Å². The summed E-state index contributed by atoms with van der Waals surface area (Å²) in [6.07, 6.45) is 0.671. The maximum Gasteiger partial charge on any atom is 0.290 e. The van der Waals surface area contributed by atoms with Gasteiger partial charge >= 0.3 is 0 Å². The van der Waals surface area contributed by atoms with Gasteiger partial charge in [-0.2, -0.15) is 0 Å². The Bertz CT molecular complexity index is 1360. The Hall–Kier alpha value is -3.37. The van der Waals surface area contributed by atoms with Crippen LogP contribution in [0.25, 0.3) is 11.0 Å². The molecule has 0 radical (unpaired) electrons. The van der Waals surface area contributed by atoms with Crippen LogP contribution in [0, 0.1) is 6.92 Å². The summed E-state index contributed by atoms with van der Waals surface area (Å²) >= 11 is 6.25. The normalized spacial score (nSPS) is 15.5. The maximum absolute atomic E-state index is 13.5. The lowest BCUT2D eigenvalue weighted by atomic mass is 9.98. The molecule has 31 heavy (non-hydrogen) atoms. The molecule has 1 aromatic heterocycles. The Labute approximate surface area is 184 Å². The van der Waals surface area contributed by atoms with Gasteiger partial charge in [-0.1, -0.05) is 60.1 Å². The first-order chi connectivity index (χ1) is 15.0. The molecule has 1 aliphatic rings. The van der Waals surface area contributed by atoms with E-state index in [4.69, 9.17) is 16.0 Å². The minimum Gasteiger partial charge on any atom is -0.450 e. The van der Waals surface area contributed by atoms with Gasteiger partial charge in [-0.15, -0.1) is 0 Å². The second-order valence-electron chi connectivity index (χ2n) is 7.87. The Kier molecular flexibility index (Phi) is 4.87.